The van der Waals surface area contributed by atoms with E-state index in [-0.39, 0.29) is 17.6 Å². The third-order valence-corrected chi connectivity index (χ3v) is 2.50. The van der Waals surface area contributed by atoms with Gasteiger partial charge in [0.25, 0.3) is 0 Å². The minimum atomic E-state index is -0.320. The minimum Gasteiger partial charge on any atom is -0.504 e. The van der Waals surface area contributed by atoms with Crippen LogP contribution < -0.4 is 4.74 Å². The van der Waals surface area contributed by atoms with E-state index in [1.807, 2.05) is 6.92 Å². The highest BCUT2D eigenvalue weighted by molar-refractivity contribution is 5.78. The van der Waals surface area contributed by atoms with Gasteiger partial charge in [-0.05, 0) is 24.1 Å². The van der Waals surface area contributed by atoms with E-state index in [0.717, 1.165) is 5.56 Å². The van der Waals surface area contributed by atoms with Gasteiger partial charge in [0.15, 0.2) is 11.5 Å². The number of methoxy groups -OCH3 is 2. The second kappa shape index (κ2) is 5.39. The number of esters is 1. The zero-order chi connectivity index (χ0) is 12.1. The fourth-order valence-corrected chi connectivity index (χ4v) is 1.59. The van der Waals surface area contributed by atoms with Crippen molar-refractivity contribution in [1.29, 1.82) is 0 Å². The van der Waals surface area contributed by atoms with Gasteiger partial charge in [-0.2, -0.15) is 0 Å². The maximum Gasteiger partial charge on any atom is 0.313 e. The van der Waals surface area contributed by atoms with Crippen LogP contribution in [0.3, 0.4) is 0 Å². The Hall–Kier alpha value is -1.71. The van der Waals surface area contributed by atoms with Crippen LogP contribution in [0.1, 0.15) is 24.8 Å². The van der Waals surface area contributed by atoms with E-state index >= 15 is 0 Å². The number of phenolic OH excluding ortho intramolecular Hbond substituents is 1. The van der Waals surface area contributed by atoms with Gasteiger partial charge in [-0.3, -0.25) is 4.79 Å². The molecule has 0 aliphatic heterocycles. The Morgan fingerprint density at radius 3 is 2.62 bits per heavy atom. The number of aromatic hydroxyl groups is 1. The Kier molecular flexibility index (Phi) is 4.17. The summed E-state index contributed by atoms with van der Waals surface area (Å²) in [6, 6.07) is 4.86. The number of carbonyl (C=O) groups is 1. The zero-order valence-electron chi connectivity index (χ0n) is 9.69. The van der Waals surface area contributed by atoms with Gasteiger partial charge in [0.2, 0.25) is 0 Å². The van der Waals surface area contributed by atoms with Gasteiger partial charge in [-0.25, -0.2) is 0 Å². The minimum absolute atomic E-state index is 0.0611. The summed E-state index contributed by atoms with van der Waals surface area (Å²) in [5, 5.41) is 9.44. The summed E-state index contributed by atoms with van der Waals surface area (Å²) in [7, 11) is 2.83. The Balaban J connectivity index is 3.06. The van der Waals surface area contributed by atoms with E-state index in [1.165, 1.54) is 20.3 Å². The van der Waals surface area contributed by atoms with Crippen LogP contribution in [0.5, 0.6) is 11.5 Å². The predicted octanol–water partition coefficient (Wildman–Crippen LogP) is 2.07. The van der Waals surface area contributed by atoms with Crippen molar-refractivity contribution in [3.05, 3.63) is 23.8 Å². The molecule has 4 heteroatoms. The lowest BCUT2D eigenvalue weighted by Crippen LogP contribution is -2.13. The molecule has 1 unspecified atom stereocenters. The van der Waals surface area contributed by atoms with Crippen molar-refractivity contribution < 1.29 is 19.4 Å². The Morgan fingerprint density at radius 2 is 2.12 bits per heavy atom. The SMILES string of the molecule is CCC(C(=O)OC)c1ccc(O)c(OC)c1. The molecular formula is C12H16O4. The number of carbonyl (C=O) groups excluding carboxylic acids is 1. The van der Waals surface area contributed by atoms with E-state index in [4.69, 9.17) is 9.47 Å². The molecule has 16 heavy (non-hydrogen) atoms. The molecule has 0 saturated carbocycles. The summed E-state index contributed by atoms with van der Waals surface area (Å²) in [4.78, 5) is 11.5. The molecule has 0 aromatic heterocycles. The molecule has 88 valence electrons. The first-order valence-corrected chi connectivity index (χ1v) is 5.08. The van der Waals surface area contributed by atoms with Crippen LogP contribution in [0.2, 0.25) is 0 Å². The van der Waals surface area contributed by atoms with Gasteiger partial charge in [-0.1, -0.05) is 13.0 Å². The van der Waals surface area contributed by atoms with Gasteiger partial charge in [-0.15, -0.1) is 0 Å². The molecule has 0 spiro atoms. The third kappa shape index (κ3) is 2.45. The lowest BCUT2D eigenvalue weighted by molar-refractivity contribution is -0.142. The molecule has 1 atom stereocenters. The van der Waals surface area contributed by atoms with Crippen molar-refractivity contribution >= 4 is 5.97 Å². The number of hydrogen-bond donors (Lipinski definition) is 1. The van der Waals surface area contributed by atoms with Crippen LogP contribution in [-0.4, -0.2) is 25.3 Å². The predicted molar refractivity (Wildman–Crippen MR) is 59.7 cm³/mol. The smallest absolute Gasteiger partial charge is 0.313 e. The Labute approximate surface area is 94.8 Å². The fraction of sp³-hybridized carbons (Fsp3) is 0.417. The first-order valence-electron chi connectivity index (χ1n) is 5.08. The van der Waals surface area contributed by atoms with E-state index < -0.39 is 0 Å². The zero-order valence-corrected chi connectivity index (χ0v) is 9.69. The molecule has 1 aromatic carbocycles. The average Bonchev–Trinajstić information content (AvgIpc) is 2.31. The first-order chi connectivity index (χ1) is 7.63. The number of hydrogen-bond acceptors (Lipinski definition) is 4. The maximum absolute atomic E-state index is 11.5. The molecule has 0 aliphatic carbocycles. The van der Waals surface area contributed by atoms with E-state index in [9.17, 15) is 9.90 Å². The first kappa shape index (κ1) is 12.4. The van der Waals surface area contributed by atoms with Crippen molar-refractivity contribution in [3.8, 4) is 11.5 Å². The molecule has 1 N–H and O–H groups in total. The van der Waals surface area contributed by atoms with Gasteiger partial charge in [0, 0.05) is 0 Å². The van der Waals surface area contributed by atoms with E-state index in [2.05, 4.69) is 0 Å². The van der Waals surface area contributed by atoms with E-state index in [1.54, 1.807) is 12.1 Å². The highest BCUT2D eigenvalue weighted by Crippen LogP contribution is 2.31. The Morgan fingerprint density at radius 1 is 1.44 bits per heavy atom. The largest absolute Gasteiger partial charge is 0.504 e. The molecule has 0 heterocycles. The van der Waals surface area contributed by atoms with Crippen molar-refractivity contribution in [2.75, 3.05) is 14.2 Å². The molecule has 0 aliphatic rings. The van der Waals surface area contributed by atoms with Gasteiger partial charge < -0.3 is 14.6 Å². The Bertz CT molecular complexity index is 373. The topological polar surface area (TPSA) is 55.8 Å². The van der Waals surface area contributed by atoms with Crippen LogP contribution in [0.25, 0.3) is 0 Å². The van der Waals surface area contributed by atoms with Crippen molar-refractivity contribution in [1.82, 2.24) is 0 Å². The molecular weight excluding hydrogens is 208 g/mol. The van der Waals surface area contributed by atoms with Gasteiger partial charge in [0.05, 0.1) is 20.1 Å². The standard InChI is InChI=1S/C12H16O4/c1-4-9(12(14)16-3)8-5-6-10(13)11(7-8)15-2/h5-7,9,13H,4H2,1-3H3. The van der Waals surface area contributed by atoms with Crippen LogP contribution in [0.4, 0.5) is 0 Å². The van der Waals surface area contributed by atoms with Crippen LogP contribution >= 0.6 is 0 Å². The number of ether oxygens (including phenoxy) is 2. The molecule has 1 rings (SSSR count). The summed E-state index contributed by atoms with van der Waals surface area (Å²) < 4.78 is 9.71. The van der Waals surface area contributed by atoms with Crippen molar-refractivity contribution in [2.45, 2.75) is 19.3 Å². The lowest BCUT2D eigenvalue weighted by Gasteiger charge is -2.14. The quantitative estimate of drug-likeness (QED) is 0.795. The maximum atomic E-state index is 11.5. The molecule has 0 bridgehead atoms. The van der Waals surface area contributed by atoms with Gasteiger partial charge in [0.1, 0.15) is 0 Å². The molecule has 4 nitrogen and oxygen atoms in total. The number of rotatable bonds is 4. The highest BCUT2D eigenvalue weighted by atomic mass is 16.5. The third-order valence-electron chi connectivity index (χ3n) is 2.50. The highest BCUT2D eigenvalue weighted by Gasteiger charge is 2.20. The summed E-state index contributed by atoms with van der Waals surface area (Å²) in [6.07, 6.45) is 0.639. The van der Waals surface area contributed by atoms with E-state index in [0.29, 0.717) is 12.2 Å². The monoisotopic (exact) mass is 224 g/mol. The molecule has 1 aromatic rings. The summed E-state index contributed by atoms with van der Waals surface area (Å²) >= 11 is 0. The normalized spacial score (nSPS) is 11.9. The van der Waals surface area contributed by atoms with Crippen LogP contribution in [0.15, 0.2) is 18.2 Å². The van der Waals surface area contributed by atoms with Crippen molar-refractivity contribution in [2.24, 2.45) is 0 Å². The van der Waals surface area contributed by atoms with Gasteiger partial charge >= 0.3 is 5.97 Å². The summed E-state index contributed by atoms with van der Waals surface area (Å²) in [5.74, 6) is -0.180. The fourth-order valence-electron chi connectivity index (χ4n) is 1.59. The second-order valence-electron chi connectivity index (χ2n) is 3.42. The molecule has 0 fully saturated rings. The van der Waals surface area contributed by atoms with Crippen LogP contribution in [0, 0.1) is 0 Å². The summed E-state index contributed by atoms with van der Waals surface area (Å²) in [6.45, 7) is 1.90. The average molecular weight is 224 g/mol. The molecule has 0 saturated heterocycles. The number of benzene rings is 1. The molecule has 0 amide bonds. The summed E-state index contributed by atoms with van der Waals surface area (Å²) in [5.41, 5.74) is 0.781. The van der Waals surface area contributed by atoms with Crippen LogP contribution in [-0.2, 0) is 9.53 Å². The van der Waals surface area contributed by atoms with Crippen molar-refractivity contribution in [3.63, 3.8) is 0 Å². The molecule has 0 radical (unpaired) electrons. The lowest BCUT2D eigenvalue weighted by atomic mass is 9.96. The number of phenols is 1. The second-order valence-corrected chi connectivity index (χ2v) is 3.42.